The van der Waals surface area contributed by atoms with Gasteiger partial charge in [-0.2, -0.15) is 0 Å². The number of hydrogen-bond donors (Lipinski definition) is 1. The smallest absolute Gasteiger partial charge is 0.163 e. The lowest BCUT2D eigenvalue weighted by Crippen LogP contribution is -2.26. The molecule has 0 amide bonds. The van der Waals surface area contributed by atoms with Crippen LogP contribution in [-0.4, -0.2) is 29.7 Å². The molecule has 0 aromatic carbocycles. The summed E-state index contributed by atoms with van der Waals surface area (Å²) in [5.74, 6) is -0.153. The molecule has 1 aliphatic carbocycles. The minimum Gasteiger partial charge on any atom is -0.396 e. The Kier molecular flexibility index (Phi) is 1.90. The standard InChI is InChI=1S/C9H16O3/c1-9(2)11-7-4-3-6(5-10)8(7)12-9/h6-8,10H,3-5H2,1-2H3/t6-,7+,8-/m0/s1. The first-order chi connectivity index (χ1) is 5.62. The highest BCUT2D eigenvalue weighted by Gasteiger charge is 2.48. The van der Waals surface area contributed by atoms with Crippen molar-refractivity contribution < 1.29 is 14.6 Å². The second-order valence-electron chi connectivity index (χ2n) is 4.16. The van der Waals surface area contributed by atoms with Crippen LogP contribution in [-0.2, 0) is 9.47 Å². The fourth-order valence-corrected chi connectivity index (χ4v) is 2.22. The predicted octanol–water partition coefficient (Wildman–Crippen LogP) is 0.909. The number of hydrogen-bond acceptors (Lipinski definition) is 3. The third-order valence-electron chi connectivity index (χ3n) is 2.74. The summed E-state index contributed by atoms with van der Waals surface area (Å²) in [5.41, 5.74) is 0. The Bertz CT molecular complexity index is 179. The summed E-state index contributed by atoms with van der Waals surface area (Å²) >= 11 is 0. The predicted molar refractivity (Wildman–Crippen MR) is 43.6 cm³/mol. The van der Waals surface area contributed by atoms with E-state index in [1.54, 1.807) is 0 Å². The SMILES string of the molecule is CC1(C)O[C@H]2[C@H](CO)CC[C@H]2O1. The summed E-state index contributed by atoms with van der Waals surface area (Å²) in [5, 5.41) is 9.05. The van der Waals surface area contributed by atoms with Crippen LogP contribution in [0.1, 0.15) is 26.7 Å². The normalized spacial score (nSPS) is 44.8. The zero-order chi connectivity index (χ0) is 8.77. The summed E-state index contributed by atoms with van der Waals surface area (Å²) in [4.78, 5) is 0. The molecule has 1 heterocycles. The van der Waals surface area contributed by atoms with Gasteiger partial charge < -0.3 is 14.6 Å². The summed E-state index contributed by atoms with van der Waals surface area (Å²) < 4.78 is 11.4. The molecule has 1 saturated heterocycles. The van der Waals surface area contributed by atoms with E-state index in [1.807, 2.05) is 13.8 Å². The Hall–Kier alpha value is -0.120. The van der Waals surface area contributed by atoms with E-state index in [9.17, 15) is 0 Å². The van der Waals surface area contributed by atoms with Gasteiger partial charge in [0.15, 0.2) is 5.79 Å². The number of fused-ring (bicyclic) bond motifs is 1. The van der Waals surface area contributed by atoms with E-state index in [1.165, 1.54) is 0 Å². The summed E-state index contributed by atoms with van der Waals surface area (Å²) in [6, 6.07) is 0. The summed E-state index contributed by atoms with van der Waals surface area (Å²) in [7, 11) is 0. The van der Waals surface area contributed by atoms with Crippen molar-refractivity contribution in [1.29, 1.82) is 0 Å². The van der Waals surface area contributed by atoms with Crippen LogP contribution in [0.2, 0.25) is 0 Å². The van der Waals surface area contributed by atoms with E-state index in [4.69, 9.17) is 14.6 Å². The van der Waals surface area contributed by atoms with Crippen molar-refractivity contribution in [2.75, 3.05) is 6.61 Å². The molecular formula is C9H16O3. The molecule has 1 aliphatic heterocycles. The Morgan fingerprint density at radius 2 is 2.08 bits per heavy atom. The van der Waals surface area contributed by atoms with Gasteiger partial charge in [0, 0.05) is 12.5 Å². The van der Waals surface area contributed by atoms with Crippen LogP contribution >= 0.6 is 0 Å². The maximum absolute atomic E-state index is 9.05. The third-order valence-corrected chi connectivity index (χ3v) is 2.74. The lowest BCUT2D eigenvalue weighted by molar-refractivity contribution is -0.157. The minimum atomic E-state index is -0.441. The van der Waals surface area contributed by atoms with Crippen molar-refractivity contribution in [3.05, 3.63) is 0 Å². The van der Waals surface area contributed by atoms with Gasteiger partial charge in [-0.25, -0.2) is 0 Å². The summed E-state index contributed by atoms with van der Waals surface area (Å²) in [6.45, 7) is 4.08. The molecule has 2 aliphatic rings. The highest BCUT2D eigenvalue weighted by molar-refractivity contribution is 4.92. The van der Waals surface area contributed by atoms with Gasteiger partial charge in [0.05, 0.1) is 12.2 Å². The molecule has 0 radical (unpaired) electrons. The van der Waals surface area contributed by atoms with Gasteiger partial charge in [-0.15, -0.1) is 0 Å². The molecule has 2 rings (SSSR count). The Morgan fingerprint density at radius 3 is 2.75 bits per heavy atom. The maximum Gasteiger partial charge on any atom is 0.163 e. The molecule has 0 aromatic heterocycles. The number of aliphatic hydroxyl groups excluding tert-OH is 1. The van der Waals surface area contributed by atoms with Crippen LogP contribution in [0.4, 0.5) is 0 Å². The van der Waals surface area contributed by atoms with Crippen LogP contribution in [0.25, 0.3) is 0 Å². The van der Waals surface area contributed by atoms with Gasteiger partial charge in [-0.05, 0) is 26.7 Å². The summed E-state index contributed by atoms with van der Waals surface area (Å²) in [6.07, 6.45) is 2.41. The molecule has 70 valence electrons. The first kappa shape index (κ1) is 8.48. The quantitative estimate of drug-likeness (QED) is 0.639. The zero-order valence-corrected chi connectivity index (χ0v) is 7.62. The maximum atomic E-state index is 9.05. The van der Waals surface area contributed by atoms with Gasteiger partial charge in [0.1, 0.15) is 0 Å². The molecular weight excluding hydrogens is 156 g/mol. The molecule has 0 aromatic rings. The van der Waals surface area contributed by atoms with E-state index < -0.39 is 5.79 Å². The van der Waals surface area contributed by atoms with Crippen molar-refractivity contribution in [2.45, 2.75) is 44.7 Å². The van der Waals surface area contributed by atoms with E-state index in [2.05, 4.69) is 0 Å². The number of ether oxygens (including phenoxy) is 2. The first-order valence-corrected chi connectivity index (χ1v) is 4.59. The Labute approximate surface area is 72.7 Å². The second kappa shape index (κ2) is 2.69. The van der Waals surface area contributed by atoms with Gasteiger partial charge in [0.2, 0.25) is 0 Å². The van der Waals surface area contributed by atoms with E-state index in [0.717, 1.165) is 12.8 Å². The monoisotopic (exact) mass is 172 g/mol. The number of rotatable bonds is 1. The van der Waals surface area contributed by atoms with Gasteiger partial charge in [-0.3, -0.25) is 0 Å². The van der Waals surface area contributed by atoms with Crippen LogP contribution in [0.15, 0.2) is 0 Å². The Morgan fingerprint density at radius 1 is 1.33 bits per heavy atom. The fourth-order valence-electron chi connectivity index (χ4n) is 2.22. The first-order valence-electron chi connectivity index (χ1n) is 4.59. The van der Waals surface area contributed by atoms with Crippen molar-refractivity contribution in [1.82, 2.24) is 0 Å². The highest BCUT2D eigenvalue weighted by atomic mass is 16.8. The molecule has 12 heavy (non-hydrogen) atoms. The van der Waals surface area contributed by atoms with Crippen molar-refractivity contribution in [3.8, 4) is 0 Å². The fraction of sp³-hybridized carbons (Fsp3) is 1.00. The van der Waals surface area contributed by atoms with E-state index >= 15 is 0 Å². The third kappa shape index (κ3) is 1.26. The lowest BCUT2D eigenvalue weighted by atomic mass is 10.1. The van der Waals surface area contributed by atoms with Gasteiger partial charge in [-0.1, -0.05) is 0 Å². The largest absolute Gasteiger partial charge is 0.396 e. The van der Waals surface area contributed by atoms with Crippen molar-refractivity contribution >= 4 is 0 Å². The average Bonchev–Trinajstić information content (AvgIpc) is 2.42. The highest BCUT2D eigenvalue weighted by Crippen LogP contribution is 2.40. The van der Waals surface area contributed by atoms with Crippen LogP contribution in [0.5, 0.6) is 0 Å². The molecule has 0 bridgehead atoms. The molecule has 3 heteroatoms. The van der Waals surface area contributed by atoms with Crippen molar-refractivity contribution in [2.24, 2.45) is 5.92 Å². The number of aliphatic hydroxyl groups is 1. The van der Waals surface area contributed by atoms with Crippen LogP contribution < -0.4 is 0 Å². The van der Waals surface area contributed by atoms with Crippen molar-refractivity contribution in [3.63, 3.8) is 0 Å². The Balaban J connectivity index is 2.06. The average molecular weight is 172 g/mol. The second-order valence-corrected chi connectivity index (χ2v) is 4.16. The molecule has 1 saturated carbocycles. The minimum absolute atomic E-state index is 0.130. The van der Waals surface area contributed by atoms with Crippen LogP contribution in [0.3, 0.4) is 0 Å². The molecule has 1 N–H and O–H groups in total. The lowest BCUT2D eigenvalue weighted by Gasteiger charge is -2.20. The van der Waals surface area contributed by atoms with E-state index in [-0.39, 0.29) is 24.7 Å². The molecule has 0 spiro atoms. The molecule has 3 nitrogen and oxygen atoms in total. The molecule has 3 atom stereocenters. The van der Waals surface area contributed by atoms with Crippen LogP contribution in [0, 0.1) is 5.92 Å². The van der Waals surface area contributed by atoms with Gasteiger partial charge >= 0.3 is 0 Å². The van der Waals surface area contributed by atoms with E-state index in [0.29, 0.717) is 0 Å². The molecule has 0 unspecified atom stereocenters. The molecule has 2 fully saturated rings. The topological polar surface area (TPSA) is 38.7 Å². The van der Waals surface area contributed by atoms with Gasteiger partial charge in [0.25, 0.3) is 0 Å². The zero-order valence-electron chi connectivity index (χ0n) is 7.62.